The first-order valence-corrected chi connectivity index (χ1v) is 11.5. The van der Waals surface area contributed by atoms with Crippen LogP contribution in [-0.2, 0) is 14.3 Å². The number of hydrogen-bond acceptors (Lipinski definition) is 6. The lowest BCUT2D eigenvalue weighted by atomic mass is 9.44. The van der Waals surface area contributed by atoms with E-state index in [0.29, 0.717) is 30.0 Å². The third kappa shape index (κ3) is 3.17. The average Bonchev–Trinajstić information content (AvgIpc) is 3.02. The number of esters is 1. The van der Waals surface area contributed by atoms with Gasteiger partial charge in [-0.1, -0.05) is 25.9 Å². The van der Waals surface area contributed by atoms with E-state index in [4.69, 9.17) is 10.5 Å². The summed E-state index contributed by atoms with van der Waals surface area (Å²) < 4.78 is 5.76. The van der Waals surface area contributed by atoms with Gasteiger partial charge in [0, 0.05) is 18.4 Å². The zero-order chi connectivity index (χ0) is 21.0. The second-order valence-electron chi connectivity index (χ2n) is 10.8. The molecule has 0 radical (unpaired) electrons. The summed E-state index contributed by atoms with van der Waals surface area (Å²) in [5.74, 6) is 1.40. The fourth-order valence-corrected chi connectivity index (χ4v) is 7.63. The monoisotopic (exact) mass is 404 g/mol. The molecular weight excluding hydrogens is 368 g/mol. The van der Waals surface area contributed by atoms with Crippen LogP contribution in [0.2, 0.25) is 0 Å². The minimum absolute atomic E-state index is 0.0385. The Morgan fingerprint density at radius 3 is 2.62 bits per heavy atom. The number of carbonyl (C=O) groups excluding carboxylic acids is 2. The molecule has 0 spiro atoms. The van der Waals surface area contributed by atoms with Crippen LogP contribution in [0.5, 0.6) is 0 Å². The van der Waals surface area contributed by atoms with Crippen molar-refractivity contribution in [3.05, 3.63) is 4.91 Å². The lowest BCUT2D eigenvalue weighted by molar-refractivity contribution is -0.167. The number of hydrogen-bond donors (Lipinski definition) is 1. The predicted octanol–water partition coefficient (Wildman–Crippen LogP) is 3.85. The van der Waals surface area contributed by atoms with Crippen molar-refractivity contribution < 1.29 is 14.3 Å². The number of nitrogens with two attached hydrogens (primary N) is 1. The molecule has 4 aliphatic carbocycles. The van der Waals surface area contributed by atoms with Crippen molar-refractivity contribution in [3.8, 4) is 0 Å². The second-order valence-corrected chi connectivity index (χ2v) is 10.8. The van der Waals surface area contributed by atoms with Gasteiger partial charge in [-0.25, -0.2) is 0 Å². The zero-order valence-corrected chi connectivity index (χ0v) is 18.1. The van der Waals surface area contributed by atoms with Gasteiger partial charge in [-0.15, -0.1) is 0 Å². The van der Waals surface area contributed by atoms with Crippen LogP contribution in [0.15, 0.2) is 5.18 Å². The molecule has 0 heterocycles. The molecule has 0 aromatic carbocycles. The van der Waals surface area contributed by atoms with E-state index in [2.05, 4.69) is 19.0 Å². The summed E-state index contributed by atoms with van der Waals surface area (Å²) in [6.07, 6.45) is 6.88. The van der Waals surface area contributed by atoms with Crippen molar-refractivity contribution >= 4 is 11.8 Å². The Hall–Kier alpha value is -1.30. The van der Waals surface area contributed by atoms with Crippen LogP contribution in [0.1, 0.15) is 72.1 Å². The Kier molecular flexibility index (Phi) is 5.37. The molecule has 0 aromatic heterocycles. The third-order valence-corrected chi connectivity index (χ3v) is 9.51. The van der Waals surface area contributed by atoms with Crippen LogP contribution in [0, 0.1) is 45.3 Å². The Morgan fingerprint density at radius 1 is 1.17 bits per heavy atom. The van der Waals surface area contributed by atoms with E-state index in [1.807, 2.05) is 0 Å². The molecule has 4 fully saturated rings. The number of nitroso groups, excluding NO2 is 1. The fourth-order valence-electron chi connectivity index (χ4n) is 7.63. The highest BCUT2D eigenvalue weighted by molar-refractivity contribution is 5.87. The van der Waals surface area contributed by atoms with Gasteiger partial charge >= 0.3 is 5.97 Å². The Morgan fingerprint density at radius 2 is 1.93 bits per heavy atom. The molecule has 162 valence electrons. The van der Waals surface area contributed by atoms with E-state index < -0.39 is 0 Å². The molecule has 0 bridgehead atoms. The Labute approximate surface area is 173 Å². The minimum atomic E-state index is -0.296. The molecule has 0 aromatic rings. The summed E-state index contributed by atoms with van der Waals surface area (Å²) >= 11 is 0. The van der Waals surface area contributed by atoms with Crippen molar-refractivity contribution in [1.29, 1.82) is 0 Å². The van der Waals surface area contributed by atoms with Gasteiger partial charge in [0.15, 0.2) is 0 Å². The number of Topliss-reactive ketones (excluding diaryl/α,β-unsaturated/α-hetero) is 1. The van der Waals surface area contributed by atoms with Gasteiger partial charge < -0.3 is 10.5 Å². The van der Waals surface area contributed by atoms with Gasteiger partial charge in [0.2, 0.25) is 0 Å². The van der Waals surface area contributed by atoms with Crippen molar-refractivity contribution in [3.63, 3.8) is 0 Å². The van der Waals surface area contributed by atoms with Crippen molar-refractivity contribution in [2.24, 2.45) is 51.3 Å². The van der Waals surface area contributed by atoms with Crippen LogP contribution in [0.25, 0.3) is 0 Å². The van der Waals surface area contributed by atoms with E-state index in [9.17, 15) is 14.5 Å². The number of ketones is 1. The number of rotatable bonds is 4. The normalized spacial score (nSPS) is 47.5. The SMILES string of the molecule is C[C@H](CN)C(=O)O[C@H]1CC[C@@]2(C)[C@H](C1)C(N=O)C[C@@H]1[C@@H]2CC[C@]2(C)C(=O)CC[C@@H]12. The highest BCUT2D eigenvalue weighted by Gasteiger charge is 2.62. The highest BCUT2D eigenvalue weighted by atomic mass is 16.5. The molecular formula is C23H36N2O4. The number of ether oxygens (including phenoxy) is 1. The lowest BCUT2D eigenvalue weighted by Crippen LogP contribution is -2.58. The largest absolute Gasteiger partial charge is 0.462 e. The molecule has 0 saturated heterocycles. The maximum Gasteiger partial charge on any atom is 0.310 e. The minimum Gasteiger partial charge on any atom is -0.462 e. The average molecular weight is 405 g/mol. The predicted molar refractivity (Wildman–Crippen MR) is 110 cm³/mol. The summed E-state index contributed by atoms with van der Waals surface area (Å²) in [5.41, 5.74) is 5.45. The molecule has 9 atom stereocenters. The number of carbonyl (C=O) groups is 2. The molecule has 0 amide bonds. The van der Waals surface area contributed by atoms with E-state index >= 15 is 0 Å². The first-order chi connectivity index (χ1) is 13.7. The first kappa shape index (κ1) is 21.0. The van der Waals surface area contributed by atoms with Crippen LogP contribution < -0.4 is 5.73 Å². The van der Waals surface area contributed by atoms with Crippen LogP contribution >= 0.6 is 0 Å². The van der Waals surface area contributed by atoms with Gasteiger partial charge in [-0.2, -0.15) is 4.91 Å². The van der Waals surface area contributed by atoms with E-state index in [1.165, 1.54) is 0 Å². The lowest BCUT2D eigenvalue weighted by Gasteiger charge is -2.61. The molecule has 6 heteroatoms. The summed E-state index contributed by atoms with van der Waals surface area (Å²) in [4.78, 5) is 36.7. The highest BCUT2D eigenvalue weighted by Crippen LogP contribution is 2.66. The first-order valence-electron chi connectivity index (χ1n) is 11.5. The smallest absolute Gasteiger partial charge is 0.310 e. The van der Waals surface area contributed by atoms with Gasteiger partial charge in [0.1, 0.15) is 11.9 Å². The Bertz CT molecular complexity index is 696. The maximum absolute atomic E-state index is 12.6. The quantitative estimate of drug-likeness (QED) is 0.567. The number of nitrogens with zero attached hydrogens (tertiary/aromatic N) is 1. The van der Waals surface area contributed by atoms with E-state index in [0.717, 1.165) is 44.9 Å². The van der Waals surface area contributed by atoms with Crippen molar-refractivity contribution in [1.82, 2.24) is 0 Å². The Balaban J connectivity index is 1.55. The molecule has 4 rings (SSSR count). The molecule has 6 nitrogen and oxygen atoms in total. The van der Waals surface area contributed by atoms with E-state index in [1.54, 1.807) is 6.92 Å². The van der Waals surface area contributed by atoms with Crippen molar-refractivity contribution in [2.75, 3.05) is 6.54 Å². The van der Waals surface area contributed by atoms with Gasteiger partial charge in [0.25, 0.3) is 0 Å². The number of fused-ring (bicyclic) bond motifs is 5. The molecule has 0 aliphatic heterocycles. The van der Waals surface area contributed by atoms with Gasteiger partial charge in [-0.3, -0.25) is 9.59 Å². The van der Waals surface area contributed by atoms with Gasteiger partial charge in [-0.05, 0) is 74.0 Å². The molecule has 29 heavy (non-hydrogen) atoms. The van der Waals surface area contributed by atoms with Crippen LogP contribution in [-0.4, -0.2) is 30.4 Å². The molecule has 1 unspecified atom stereocenters. The molecule has 4 aliphatic rings. The summed E-state index contributed by atoms with van der Waals surface area (Å²) in [7, 11) is 0. The second kappa shape index (κ2) is 7.44. The topological polar surface area (TPSA) is 98.8 Å². The van der Waals surface area contributed by atoms with Crippen LogP contribution in [0.4, 0.5) is 0 Å². The molecule has 2 N–H and O–H groups in total. The summed E-state index contributed by atoms with van der Waals surface area (Å²) in [5, 5.41) is 3.59. The van der Waals surface area contributed by atoms with Crippen LogP contribution in [0.3, 0.4) is 0 Å². The molecule has 4 saturated carbocycles. The fraction of sp³-hybridized carbons (Fsp3) is 0.913. The van der Waals surface area contributed by atoms with Gasteiger partial charge in [0.05, 0.1) is 12.0 Å². The van der Waals surface area contributed by atoms with Crippen molar-refractivity contribution in [2.45, 2.75) is 84.3 Å². The summed E-state index contributed by atoms with van der Waals surface area (Å²) in [6.45, 7) is 6.58. The summed E-state index contributed by atoms with van der Waals surface area (Å²) in [6, 6.07) is -0.243. The van der Waals surface area contributed by atoms with E-state index in [-0.39, 0.29) is 47.3 Å². The third-order valence-electron chi connectivity index (χ3n) is 9.51. The maximum atomic E-state index is 12.6. The zero-order valence-electron chi connectivity index (χ0n) is 18.1. The standard InChI is InChI=1S/C23H36N2O4/c1-13(12-24)21(27)29-14-6-8-22(2)17-7-9-23(3)16(4-5-20(23)26)15(17)11-19(25-28)18(22)10-14/h13-19H,4-12,24H2,1-3H3/t13-,14+,15+,16+,17+,18-,19?,22-,23+/m1/s1.